The lowest BCUT2D eigenvalue weighted by Crippen LogP contribution is -2.10. The van der Waals surface area contributed by atoms with Gasteiger partial charge in [-0.2, -0.15) is 0 Å². The summed E-state index contributed by atoms with van der Waals surface area (Å²) < 4.78 is 5.13. The van der Waals surface area contributed by atoms with Crippen LogP contribution in [0.3, 0.4) is 0 Å². The van der Waals surface area contributed by atoms with Crippen LogP contribution in [0.15, 0.2) is 48.8 Å². The van der Waals surface area contributed by atoms with E-state index in [0.717, 1.165) is 23.3 Å². The van der Waals surface area contributed by atoms with Crippen molar-refractivity contribution < 1.29 is 9.84 Å². The molecule has 1 aromatic heterocycles. The van der Waals surface area contributed by atoms with Crippen molar-refractivity contribution in [3.63, 3.8) is 0 Å². The second kappa shape index (κ2) is 6.34. The molecule has 2 atom stereocenters. The van der Waals surface area contributed by atoms with E-state index in [1.54, 1.807) is 19.5 Å². The molecule has 2 aromatic rings. The van der Waals surface area contributed by atoms with Crippen molar-refractivity contribution in [1.82, 2.24) is 4.98 Å². The second-order valence-electron chi connectivity index (χ2n) is 4.51. The Morgan fingerprint density at radius 2 is 1.68 bits per heavy atom. The SMILES string of the molecule is CC[C@@H](c1ccncc1)[C@H](O)c1ccc(OC)cc1. The Labute approximate surface area is 113 Å². The van der Waals surface area contributed by atoms with Gasteiger partial charge in [0.25, 0.3) is 0 Å². The van der Waals surface area contributed by atoms with Gasteiger partial charge in [-0.1, -0.05) is 19.1 Å². The summed E-state index contributed by atoms with van der Waals surface area (Å²) in [5.74, 6) is 0.879. The van der Waals surface area contributed by atoms with E-state index in [0.29, 0.717) is 0 Å². The predicted molar refractivity (Wildman–Crippen MR) is 75.2 cm³/mol. The summed E-state index contributed by atoms with van der Waals surface area (Å²) >= 11 is 0. The van der Waals surface area contributed by atoms with Gasteiger partial charge in [0.05, 0.1) is 13.2 Å². The molecule has 1 N–H and O–H groups in total. The van der Waals surface area contributed by atoms with E-state index in [4.69, 9.17) is 4.74 Å². The first-order chi connectivity index (χ1) is 9.26. The average molecular weight is 257 g/mol. The number of aromatic nitrogens is 1. The van der Waals surface area contributed by atoms with Crippen LogP contribution in [-0.4, -0.2) is 17.2 Å². The molecule has 0 amide bonds. The molecule has 1 heterocycles. The molecule has 0 unspecified atom stereocenters. The van der Waals surface area contributed by atoms with Crippen LogP contribution in [0.1, 0.15) is 36.5 Å². The molecule has 0 fully saturated rings. The maximum atomic E-state index is 10.5. The minimum Gasteiger partial charge on any atom is -0.497 e. The molecule has 0 spiro atoms. The molecule has 0 saturated heterocycles. The van der Waals surface area contributed by atoms with Gasteiger partial charge in [0, 0.05) is 18.3 Å². The molecule has 2 rings (SSSR count). The molecule has 0 radical (unpaired) electrons. The first-order valence-electron chi connectivity index (χ1n) is 6.48. The Bertz CT molecular complexity index is 496. The molecule has 0 aliphatic heterocycles. The van der Waals surface area contributed by atoms with Gasteiger partial charge in [-0.05, 0) is 41.8 Å². The largest absolute Gasteiger partial charge is 0.497 e. The zero-order valence-electron chi connectivity index (χ0n) is 11.3. The molecule has 0 aliphatic rings. The zero-order valence-corrected chi connectivity index (χ0v) is 11.3. The van der Waals surface area contributed by atoms with Crippen molar-refractivity contribution in [2.45, 2.75) is 25.4 Å². The Morgan fingerprint density at radius 3 is 2.21 bits per heavy atom. The van der Waals surface area contributed by atoms with Gasteiger partial charge < -0.3 is 9.84 Å². The number of benzene rings is 1. The van der Waals surface area contributed by atoms with Crippen molar-refractivity contribution in [2.24, 2.45) is 0 Å². The number of aliphatic hydroxyl groups is 1. The number of hydrogen-bond donors (Lipinski definition) is 1. The maximum absolute atomic E-state index is 10.5. The molecule has 0 bridgehead atoms. The fourth-order valence-electron chi connectivity index (χ4n) is 2.29. The maximum Gasteiger partial charge on any atom is 0.118 e. The van der Waals surface area contributed by atoms with Crippen LogP contribution in [0.5, 0.6) is 5.75 Å². The molecule has 100 valence electrons. The van der Waals surface area contributed by atoms with Crippen LogP contribution in [0.2, 0.25) is 0 Å². The first-order valence-corrected chi connectivity index (χ1v) is 6.48. The lowest BCUT2D eigenvalue weighted by molar-refractivity contribution is 0.142. The topological polar surface area (TPSA) is 42.4 Å². The predicted octanol–water partition coefficient (Wildman–Crippen LogP) is 3.32. The van der Waals surface area contributed by atoms with Gasteiger partial charge in [-0.15, -0.1) is 0 Å². The minimum absolute atomic E-state index is 0.0800. The van der Waals surface area contributed by atoms with E-state index in [2.05, 4.69) is 11.9 Å². The monoisotopic (exact) mass is 257 g/mol. The molecule has 19 heavy (non-hydrogen) atoms. The van der Waals surface area contributed by atoms with E-state index in [1.807, 2.05) is 36.4 Å². The highest BCUT2D eigenvalue weighted by Gasteiger charge is 2.20. The molecule has 3 heteroatoms. The highest BCUT2D eigenvalue weighted by Crippen LogP contribution is 2.33. The molecular formula is C16H19NO2. The highest BCUT2D eigenvalue weighted by atomic mass is 16.5. The van der Waals surface area contributed by atoms with Gasteiger partial charge in [0.1, 0.15) is 5.75 Å². The third-order valence-electron chi connectivity index (χ3n) is 3.41. The number of ether oxygens (including phenoxy) is 1. The third-order valence-corrected chi connectivity index (χ3v) is 3.41. The van der Waals surface area contributed by atoms with Crippen molar-refractivity contribution in [3.05, 3.63) is 59.9 Å². The van der Waals surface area contributed by atoms with E-state index in [9.17, 15) is 5.11 Å². The summed E-state index contributed by atoms with van der Waals surface area (Å²) in [4.78, 5) is 4.02. The fourth-order valence-corrected chi connectivity index (χ4v) is 2.29. The van der Waals surface area contributed by atoms with E-state index in [-0.39, 0.29) is 5.92 Å². The van der Waals surface area contributed by atoms with Gasteiger partial charge in [-0.3, -0.25) is 4.98 Å². The molecule has 1 aromatic carbocycles. The van der Waals surface area contributed by atoms with Gasteiger partial charge in [0.2, 0.25) is 0 Å². The Kier molecular flexibility index (Phi) is 4.53. The minimum atomic E-state index is -0.515. The van der Waals surface area contributed by atoms with E-state index in [1.165, 1.54) is 0 Å². The lowest BCUT2D eigenvalue weighted by Gasteiger charge is -2.22. The number of aliphatic hydroxyl groups excluding tert-OH is 1. The quantitative estimate of drug-likeness (QED) is 0.893. The summed E-state index contributed by atoms with van der Waals surface area (Å²) in [6, 6.07) is 11.5. The molecule has 0 aliphatic carbocycles. The summed E-state index contributed by atoms with van der Waals surface area (Å²) in [5.41, 5.74) is 2.02. The molecule has 3 nitrogen and oxygen atoms in total. The summed E-state index contributed by atoms with van der Waals surface area (Å²) in [5, 5.41) is 10.5. The zero-order chi connectivity index (χ0) is 13.7. The van der Waals surface area contributed by atoms with E-state index < -0.39 is 6.10 Å². The third kappa shape index (κ3) is 3.12. The van der Waals surface area contributed by atoms with Crippen LogP contribution >= 0.6 is 0 Å². The Hall–Kier alpha value is -1.87. The standard InChI is InChI=1S/C16H19NO2/c1-3-15(12-8-10-17-11-9-12)16(18)13-4-6-14(19-2)7-5-13/h4-11,15-16,18H,3H2,1-2H3/t15-,16+/m0/s1. The average Bonchev–Trinajstić information content (AvgIpc) is 2.49. The number of nitrogens with zero attached hydrogens (tertiary/aromatic N) is 1. The van der Waals surface area contributed by atoms with Crippen molar-refractivity contribution in [2.75, 3.05) is 7.11 Å². The number of rotatable bonds is 5. The number of hydrogen-bond acceptors (Lipinski definition) is 3. The summed E-state index contributed by atoms with van der Waals surface area (Å²) in [6.07, 6.45) is 3.88. The van der Waals surface area contributed by atoms with Crippen LogP contribution < -0.4 is 4.74 Å². The Morgan fingerprint density at radius 1 is 1.05 bits per heavy atom. The van der Waals surface area contributed by atoms with E-state index >= 15 is 0 Å². The van der Waals surface area contributed by atoms with Crippen LogP contribution in [-0.2, 0) is 0 Å². The lowest BCUT2D eigenvalue weighted by atomic mass is 9.88. The number of methoxy groups -OCH3 is 1. The smallest absolute Gasteiger partial charge is 0.118 e. The molecule has 0 saturated carbocycles. The van der Waals surface area contributed by atoms with Crippen molar-refractivity contribution in [1.29, 1.82) is 0 Å². The second-order valence-corrected chi connectivity index (χ2v) is 4.51. The van der Waals surface area contributed by atoms with Crippen LogP contribution in [0, 0.1) is 0 Å². The highest BCUT2D eigenvalue weighted by molar-refractivity contribution is 5.31. The normalized spacial score (nSPS) is 13.8. The van der Waals surface area contributed by atoms with Crippen molar-refractivity contribution >= 4 is 0 Å². The summed E-state index contributed by atoms with van der Waals surface area (Å²) in [6.45, 7) is 2.08. The van der Waals surface area contributed by atoms with Gasteiger partial charge >= 0.3 is 0 Å². The van der Waals surface area contributed by atoms with Gasteiger partial charge in [-0.25, -0.2) is 0 Å². The molecular weight excluding hydrogens is 238 g/mol. The van der Waals surface area contributed by atoms with Crippen LogP contribution in [0.25, 0.3) is 0 Å². The summed E-state index contributed by atoms with van der Waals surface area (Å²) in [7, 11) is 1.64. The fraction of sp³-hybridized carbons (Fsp3) is 0.312. The number of pyridine rings is 1. The van der Waals surface area contributed by atoms with Gasteiger partial charge in [0.15, 0.2) is 0 Å². The Balaban J connectivity index is 2.22. The first kappa shape index (κ1) is 13.6. The van der Waals surface area contributed by atoms with Crippen LogP contribution in [0.4, 0.5) is 0 Å². The van der Waals surface area contributed by atoms with Crippen molar-refractivity contribution in [3.8, 4) is 5.75 Å².